The van der Waals surface area contributed by atoms with Crippen LogP contribution in [0.4, 0.5) is 0 Å². The van der Waals surface area contributed by atoms with Crippen LogP contribution in [0.25, 0.3) is 0 Å². The smallest absolute Gasteiger partial charge is 0.0169 e. The minimum absolute atomic E-state index is 0.791. The molecule has 0 aromatic heterocycles. The molecule has 2 aliphatic rings. The lowest BCUT2D eigenvalue weighted by Crippen LogP contribution is -2.31. The van der Waals surface area contributed by atoms with E-state index in [9.17, 15) is 0 Å². The zero-order chi connectivity index (χ0) is 10.1. The zero-order valence-corrected chi connectivity index (χ0v) is 9.74. The van der Waals surface area contributed by atoms with Crippen molar-refractivity contribution in [2.75, 3.05) is 13.1 Å². The van der Waals surface area contributed by atoms with Gasteiger partial charge in [-0.25, -0.2) is 0 Å². The third-order valence-electron chi connectivity index (χ3n) is 3.95. The summed E-state index contributed by atoms with van der Waals surface area (Å²) in [5.41, 5.74) is 0. The van der Waals surface area contributed by atoms with Crippen molar-refractivity contribution in [1.29, 1.82) is 0 Å². The molecule has 0 saturated heterocycles. The highest BCUT2D eigenvalue weighted by Crippen LogP contribution is 2.47. The molecule has 0 N–H and O–H groups in total. The number of nitrogens with zero attached hydrogens (tertiary/aromatic N) is 1. The van der Waals surface area contributed by atoms with Gasteiger partial charge in [0, 0.05) is 19.1 Å². The fraction of sp³-hybridized carbons (Fsp3) is 0.846. The summed E-state index contributed by atoms with van der Waals surface area (Å²) in [7, 11) is 0. The van der Waals surface area contributed by atoms with Crippen molar-refractivity contribution < 1.29 is 0 Å². The summed E-state index contributed by atoms with van der Waals surface area (Å²) >= 11 is 0. The van der Waals surface area contributed by atoms with Crippen LogP contribution in [-0.4, -0.2) is 24.0 Å². The van der Waals surface area contributed by atoms with E-state index in [4.69, 9.17) is 0 Å². The molecule has 1 aliphatic carbocycles. The molecule has 1 heteroatoms. The Morgan fingerprint density at radius 1 is 1.21 bits per heavy atom. The Kier molecular flexibility index (Phi) is 2.96. The van der Waals surface area contributed by atoms with Crippen molar-refractivity contribution in [3.05, 3.63) is 12.2 Å². The van der Waals surface area contributed by atoms with Crippen LogP contribution in [-0.2, 0) is 0 Å². The van der Waals surface area contributed by atoms with Crippen LogP contribution in [0.3, 0.4) is 0 Å². The molecule has 3 unspecified atom stereocenters. The van der Waals surface area contributed by atoms with E-state index in [0.717, 1.165) is 23.8 Å². The van der Waals surface area contributed by atoms with Crippen molar-refractivity contribution in [3.63, 3.8) is 0 Å². The summed E-state index contributed by atoms with van der Waals surface area (Å²) in [5, 5.41) is 0. The van der Waals surface area contributed by atoms with Crippen molar-refractivity contribution in [2.24, 2.45) is 17.8 Å². The minimum atomic E-state index is 0.791. The zero-order valence-electron chi connectivity index (χ0n) is 9.74. The summed E-state index contributed by atoms with van der Waals surface area (Å²) in [5.74, 6) is 2.97. The Bertz CT molecular complexity index is 211. The Hall–Kier alpha value is -0.300. The summed E-state index contributed by atoms with van der Waals surface area (Å²) < 4.78 is 0. The predicted octanol–water partition coefficient (Wildman–Crippen LogP) is 2.93. The van der Waals surface area contributed by atoms with E-state index in [0.29, 0.717) is 0 Å². The minimum Gasteiger partial charge on any atom is -0.293 e. The largest absolute Gasteiger partial charge is 0.293 e. The molecule has 1 heterocycles. The average molecular weight is 193 g/mol. The van der Waals surface area contributed by atoms with Gasteiger partial charge in [-0.2, -0.15) is 0 Å². The molecule has 0 spiro atoms. The van der Waals surface area contributed by atoms with Crippen LogP contribution in [0.1, 0.15) is 33.6 Å². The molecule has 1 fully saturated rings. The lowest BCUT2D eigenvalue weighted by atomic mass is 10.0. The van der Waals surface area contributed by atoms with Crippen molar-refractivity contribution in [1.82, 2.24) is 4.90 Å². The third-order valence-corrected chi connectivity index (χ3v) is 3.95. The van der Waals surface area contributed by atoms with Gasteiger partial charge in [-0.3, -0.25) is 4.90 Å². The molecule has 0 radical (unpaired) electrons. The van der Waals surface area contributed by atoms with Gasteiger partial charge in [0.1, 0.15) is 0 Å². The van der Waals surface area contributed by atoms with E-state index < -0.39 is 0 Å². The predicted molar refractivity (Wildman–Crippen MR) is 61.2 cm³/mol. The van der Waals surface area contributed by atoms with Gasteiger partial charge in [0.05, 0.1) is 0 Å². The Morgan fingerprint density at radius 2 is 1.86 bits per heavy atom. The van der Waals surface area contributed by atoms with E-state index in [1.807, 2.05) is 0 Å². The van der Waals surface area contributed by atoms with Crippen LogP contribution < -0.4 is 0 Å². The topological polar surface area (TPSA) is 3.24 Å². The molecule has 14 heavy (non-hydrogen) atoms. The van der Waals surface area contributed by atoms with E-state index >= 15 is 0 Å². The second-order valence-electron chi connectivity index (χ2n) is 5.41. The maximum Gasteiger partial charge on any atom is 0.0169 e. The lowest BCUT2D eigenvalue weighted by molar-refractivity contribution is 0.244. The van der Waals surface area contributed by atoms with Crippen LogP contribution >= 0.6 is 0 Å². The summed E-state index contributed by atoms with van der Waals surface area (Å²) in [6.07, 6.45) is 7.50. The summed E-state index contributed by atoms with van der Waals surface area (Å²) in [4.78, 5) is 2.58. The van der Waals surface area contributed by atoms with Gasteiger partial charge in [0.15, 0.2) is 0 Å². The highest BCUT2D eigenvalue weighted by Gasteiger charge is 2.40. The number of hydrogen-bond acceptors (Lipinski definition) is 1. The molecule has 80 valence electrons. The molecular weight excluding hydrogens is 170 g/mol. The second-order valence-corrected chi connectivity index (χ2v) is 5.41. The molecule has 0 aromatic carbocycles. The van der Waals surface area contributed by atoms with Gasteiger partial charge < -0.3 is 0 Å². The first-order valence-corrected chi connectivity index (χ1v) is 6.07. The number of hydrogen-bond donors (Lipinski definition) is 0. The molecule has 1 saturated carbocycles. The Balaban J connectivity index is 1.71. The molecule has 3 atom stereocenters. The highest BCUT2D eigenvalue weighted by atomic mass is 15.2. The maximum atomic E-state index is 2.58. The van der Waals surface area contributed by atoms with Gasteiger partial charge in [-0.05, 0) is 37.5 Å². The fourth-order valence-electron chi connectivity index (χ4n) is 2.80. The first kappa shape index (κ1) is 10.2. The normalized spacial score (nSPS) is 34.0. The van der Waals surface area contributed by atoms with Gasteiger partial charge in [0.2, 0.25) is 0 Å². The SMILES string of the molecule is CC(C)C1CC1CC(C)N1CC=CC1. The standard InChI is InChI=1S/C13H23N/c1-10(2)13-9-12(13)8-11(3)14-6-4-5-7-14/h4-5,10-13H,6-9H2,1-3H3. The lowest BCUT2D eigenvalue weighted by Gasteiger charge is -2.23. The fourth-order valence-corrected chi connectivity index (χ4v) is 2.80. The van der Waals surface area contributed by atoms with Crippen LogP contribution in [0.15, 0.2) is 12.2 Å². The molecule has 1 aliphatic heterocycles. The van der Waals surface area contributed by atoms with Crippen LogP contribution in [0, 0.1) is 17.8 Å². The monoisotopic (exact) mass is 193 g/mol. The second kappa shape index (κ2) is 4.06. The summed E-state index contributed by atoms with van der Waals surface area (Å²) in [6, 6.07) is 0.791. The first-order valence-electron chi connectivity index (χ1n) is 6.07. The highest BCUT2D eigenvalue weighted by molar-refractivity contribution is 4.98. The van der Waals surface area contributed by atoms with Gasteiger partial charge >= 0.3 is 0 Å². The molecular formula is C13H23N. The number of rotatable bonds is 4. The van der Waals surface area contributed by atoms with Crippen molar-refractivity contribution in [2.45, 2.75) is 39.7 Å². The van der Waals surface area contributed by atoms with Gasteiger partial charge in [-0.1, -0.05) is 26.0 Å². The molecule has 2 rings (SSSR count). The maximum absolute atomic E-state index is 2.58. The van der Waals surface area contributed by atoms with Crippen molar-refractivity contribution >= 4 is 0 Å². The Labute approximate surface area is 88.2 Å². The van der Waals surface area contributed by atoms with Gasteiger partial charge in [-0.15, -0.1) is 0 Å². The van der Waals surface area contributed by atoms with Crippen LogP contribution in [0.5, 0.6) is 0 Å². The third kappa shape index (κ3) is 2.20. The first-order chi connectivity index (χ1) is 6.68. The summed E-state index contributed by atoms with van der Waals surface area (Å²) in [6.45, 7) is 9.49. The van der Waals surface area contributed by atoms with Crippen LogP contribution in [0.2, 0.25) is 0 Å². The average Bonchev–Trinajstić information content (AvgIpc) is 2.70. The van der Waals surface area contributed by atoms with E-state index in [-0.39, 0.29) is 0 Å². The van der Waals surface area contributed by atoms with E-state index in [1.165, 1.54) is 25.9 Å². The molecule has 0 amide bonds. The Morgan fingerprint density at radius 3 is 2.36 bits per heavy atom. The molecule has 0 bridgehead atoms. The molecule has 0 aromatic rings. The van der Waals surface area contributed by atoms with Crippen molar-refractivity contribution in [3.8, 4) is 0 Å². The molecule has 1 nitrogen and oxygen atoms in total. The van der Waals surface area contributed by atoms with E-state index in [1.54, 1.807) is 0 Å². The quantitative estimate of drug-likeness (QED) is 0.620. The van der Waals surface area contributed by atoms with E-state index in [2.05, 4.69) is 37.8 Å². The van der Waals surface area contributed by atoms with Gasteiger partial charge in [0.25, 0.3) is 0 Å².